The van der Waals surface area contributed by atoms with Crippen LogP contribution in [0.15, 0.2) is 28.1 Å². The molecule has 1 aliphatic rings. The van der Waals surface area contributed by atoms with Crippen molar-refractivity contribution in [3.8, 4) is 10.8 Å². The third kappa shape index (κ3) is 2.75. The van der Waals surface area contributed by atoms with E-state index in [9.17, 15) is 4.79 Å². The Morgan fingerprint density at radius 1 is 1.42 bits per heavy atom. The summed E-state index contributed by atoms with van der Waals surface area (Å²) in [6, 6.07) is 3.95. The van der Waals surface area contributed by atoms with E-state index < -0.39 is 0 Å². The Kier molecular flexibility index (Phi) is 3.72. The second-order valence-electron chi connectivity index (χ2n) is 6.06. The average molecular weight is 342 g/mol. The van der Waals surface area contributed by atoms with Gasteiger partial charge in [0.05, 0.1) is 10.6 Å². The second kappa shape index (κ2) is 5.90. The van der Waals surface area contributed by atoms with Crippen molar-refractivity contribution in [2.45, 2.75) is 39.3 Å². The number of rotatable bonds is 3. The molecule has 1 aliphatic heterocycles. The number of aryl methyl sites for hydroxylation is 3. The van der Waals surface area contributed by atoms with Gasteiger partial charge < -0.3 is 14.3 Å². The fourth-order valence-corrected chi connectivity index (χ4v) is 3.72. The number of nitrogens with zero attached hydrogens (tertiary/aromatic N) is 3. The molecule has 24 heavy (non-hydrogen) atoms. The third-order valence-corrected chi connectivity index (χ3v) is 5.05. The molecule has 4 heterocycles. The van der Waals surface area contributed by atoms with Gasteiger partial charge in [-0.3, -0.25) is 4.79 Å². The molecular formula is C17H18N4O2S. The highest BCUT2D eigenvalue weighted by Gasteiger charge is 2.24. The predicted molar refractivity (Wildman–Crippen MR) is 91.1 cm³/mol. The maximum Gasteiger partial charge on any atom is 0.273 e. The van der Waals surface area contributed by atoms with Crippen LogP contribution >= 0.6 is 11.3 Å². The van der Waals surface area contributed by atoms with E-state index in [4.69, 9.17) is 4.42 Å². The lowest BCUT2D eigenvalue weighted by Crippen LogP contribution is -2.41. The molecule has 0 aromatic carbocycles. The van der Waals surface area contributed by atoms with E-state index in [2.05, 4.69) is 19.9 Å². The zero-order valence-corrected chi connectivity index (χ0v) is 14.4. The number of nitrogens with one attached hydrogen (secondary N) is 1. The molecule has 7 heteroatoms. The molecule has 4 rings (SSSR count). The van der Waals surface area contributed by atoms with Crippen LogP contribution in [-0.4, -0.2) is 26.5 Å². The van der Waals surface area contributed by atoms with E-state index in [1.165, 1.54) is 0 Å². The molecule has 3 aromatic rings. The largest absolute Gasteiger partial charge is 0.440 e. The van der Waals surface area contributed by atoms with Crippen molar-refractivity contribution in [1.82, 2.24) is 19.9 Å². The highest BCUT2D eigenvalue weighted by Crippen LogP contribution is 2.26. The van der Waals surface area contributed by atoms with E-state index in [1.54, 1.807) is 18.3 Å². The molecule has 1 unspecified atom stereocenters. The zero-order chi connectivity index (χ0) is 16.7. The average Bonchev–Trinajstić information content (AvgIpc) is 3.24. The van der Waals surface area contributed by atoms with E-state index >= 15 is 0 Å². The Morgan fingerprint density at radius 2 is 2.29 bits per heavy atom. The number of carbonyl (C=O) groups is 1. The van der Waals surface area contributed by atoms with Gasteiger partial charge in [0, 0.05) is 25.2 Å². The maximum absolute atomic E-state index is 12.6. The van der Waals surface area contributed by atoms with Gasteiger partial charge in [-0.2, -0.15) is 0 Å². The summed E-state index contributed by atoms with van der Waals surface area (Å²) < 4.78 is 7.77. The van der Waals surface area contributed by atoms with Gasteiger partial charge in [0.2, 0.25) is 5.89 Å². The molecule has 6 nitrogen and oxygen atoms in total. The lowest BCUT2D eigenvalue weighted by Gasteiger charge is -2.24. The standard InChI is InChI=1S/C17H18N4O2S/c1-10-8-21-9-12(5-6-14(21)18-10)19-16(22)15-11(2)23-17(20-15)13-4-3-7-24-13/h3-4,7-8,12H,5-6,9H2,1-2H3,(H,19,22). The number of carbonyl (C=O) groups excluding carboxylic acids is 1. The van der Waals surface area contributed by atoms with Crippen LogP contribution in [0.5, 0.6) is 0 Å². The first-order valence-corrected chi connectivity index (χ1v) is 8.83. The van der Waals surface area contributed by atoms with Crippen molar-refractivity contribution < 1.29 is 9.21 Å². The maximum atomic E-state index is 12.6. The first kappa shape index (κ1) is 15.1. The van der Waals surface area contributed by atoms with E-state index in [0.717, 1.165) is 35.8 Å². The molecule has 1 N–H and O–H groups in total. The van der Waals surface area contributed by atoms with Gasteiger partial charge in [0.25, 0.3) is 5.91 Å². The van der Waals surface area contributed by atoms with Crippen LogP contribution in [0.3, 0.4) is 0 Å². The predicted octanol–water partition coefficient (Wildman–Crippen LogP) is 2.96. The monoisotopic (exact) mass is 342 g/mol. The van der Waals surface area contributed by atoms with Crippen LogP contribution in [0.2, 0.25) is 0 Å². The topological polar surface area (TPSA) is 73.0 Å². The third-order valence-electron chi connectivity index (χ3n) is 4.19. The summed E-state index contributed by atoms with van der Waals surface area (Å²) in [5.41, 5.74) is 1.39. The number of hydrogen-bond donors (Lipinski definition) is 1. The summed E-state index contributed by atoms with van der Waals surface area (Å²) in [4.78, 5) is 22.4. The van der Waals surface area contributed by atoms with Crippen LogP contribution in [0.1, 0.15) is 34.2 Å². The molecule has 0 saturated heterocycles. The Bertz CT molecular complexity index is 879. The number of aromatic nitrogens is 3. The summed E-state index contributed by atoms with van der Waals surface area (Å²) >= 11 is 1.54. The normalized spacial score (nSPS) is 16.8. The summed E-state index contributed by atoms with van der Waals surface area (Å²) in [6.45, 7) is 4.51. The number of fused-ring (bicyclic) bond motifs is 1. The van der Waals surface area contributed by atoms with Crippen LogP contribution in [0.4, 0.5) is 0 Å². The molecular weight excluding hydrogens is 324 g/mol. The minimum absolute atomic E-state index is 0.0832. The first-order valence-electron chi connectivity index (χ1n) is 7.95. The number of thiophene rings is 1. The van der Waals surface area contributed by atoms with Crippen molar-refractivity contribution in [3.05, 3.63) is 46.7 Å². The lowest BCUT2D eigenvalue weighted by atomic mass is 10.1. The van der Waals surface area contributed by atoms with Crippen LogP contribution in [-0.2, 0) is 13.0 Å². The van der Waals surface area contributed by atoms with Gasteiger partial charge >= 0.3 is 0 Å². The highest BCUT2D eigenvalue weighted by atomic mass is 32.1. The number of imidazole rings is 1. The minimum atomic E-state index is -0.177. The number of amides is 1. The van der Waals surface area contributed by atoms with Crippen molar-refractivity contribution in [2.24, 2.45) is 0 Å². The molecule has 0 radical (unpaired) electrons. The Balaban J connectivity index is 1.49. The SMILES string of the molecule is Cc1cn2c(n1)CCC(NC(=O)c1nc(-c3cccs3)oc1C)C2. The van der Waals surface area contributed by atoms with Crippen LogP contribution in [0, 0.1) is 13.8 Å². The van der Waals surface area contributed by atoms with Gasteiger partial charge in [0.15, 0.2) is 5.69 Å². The molecule has 3 aromatic heterocycles. The van der Waals surface area contributed by atoms with Crippen molar-refractivity contribution in [1.29, 1.82) is 0 Å². The summed E-state index contributed by atoms with van der Waals surface area (Å²) in [6.07, 6.45) is 3.79. The number of oxazole rings is 1. The molecule has 1 atom stereocenters. The van der Waals surface area contributed by atoms with Crippen molar-refractivity contribution in [2.75, 3.05) is 0 Å². The summed E-state index contributed by atoms with van der Waals surface area (Å²) in [5.74, 6) is 1.97. The minimum Gasteiger partial charge on any atom is -0.440 e. The van der Waals surface area contributed by atoms with E-state index in [1.807, 2.05) is 30.6 Å². The van der Waals surface area contributed by atoms with Gasteiger partial charge in [0.1, 0.15) is 11.6 Å². The molecule has 0 spiro atoms. The molecule has 0 saturated carbocycles. The van der Waals surface area contributed by atoms with Crippen molar-refractivity contribution >= 4 is 17.2 Å². The van der Waals surface area contributed by atoms with Crippen LogP contribution < -0.4 is 5.32 Å². The Hall–Kier alpha value is -2.41. The fourth-order valence-electron chi connectivity index (χ4n) is 3.07. The van der Waals surface area contributed by atoms with Gasteiger partial charge in [-0.1, -0.05) is 6.07 Å². The van der Waals surface area contributed by atoms with Gasteiger partial charge in [-0.05, 0) is 31.7 Å². The smallest absolute Gasteiger partial charge is 0.273 e. The summed E-state index contributed by atoms with van der Waals surface area (Å²) in [7, 11) is 0. The van der Waals surface area contributed by atoms with Crippen LogP contribution in [0.25, 0.3) is 10.8 Å². The Labute approximate surface area is 143 Å². The van der Waals surface area contributed by atoms with E-state index in [0.29, 0.717) is 17.3 Å². The van der Waals surface area contributed by atoms with Gasteiger partial charge in [-0.15, -0.1) is 11.3 Å². The quantitative estimate of drug-likeness (QED) is 0.794. The molecule has 0 aliphatic carbocycles. The lowest BCUT2D eigenvalue weighted by molar-refractivity contribution is 0.0921. The van der Waals surface area contributed by atoms with Crippen molar-refractivity contribution in [3.63, 3.8) is 0 Å². The highest BCUT2D eigenvalue weighted by molar-refractivity contribution is 7.13. The first-order chi connectivity index (χ1) is 11.6. The fraction of sp³-hybridized carbons (Fsp3) is 0.353. The second-order valence-corrected chi connectivity index (χ2v) is 7.01. The zero-order valence-electron chi connectivity index (χ0n) is 13.6. The Morgan fingerprint density at radius 3 is 3.08 bits per heavy atom. The molecule has 0 fully saturated rings. The van der Waals surface area contributed by atoms with Gasteiger partial charge in [-0.25, -0.2) is 9.97 Å². The summed E-state index contributed by atoms with van der Waals surface area (Å²) in [5, 5.41) is 5.04. The van der Waals surface area contributed by atoms with E-state index in [-0.39, 0.29) is 11.9 Å². The number of hydrogen-bond acceptors (Lipinski definition) is 5. The molecule has 124 valence electrons. The molecule has 0 bridgehead atoms. The molecule has 1 amide bonds.